The Bertz CT molecular complexity index is 379. The summed E-state index contributed by atoms with van der Waals surface area (Å²) in [5.41, 5.74) is -0.718. The minimum atomic E-state index is -1.73. The SMILES string of the molecule is CC(O)(CNCc1ccccc1Br)C(=O)O. The van der Waals surface area contributed by atoms with Crippen molar-refractivity contribution in [2.75, 3.05) is 6.54 Å². The smallest absolute Gasteiger partial charge is 0.336 e. The molecule has 0 fully saturated rings. The number of aliphatic hydroxyl groups is 1. The van der Waals surface area contributed by atoms with Crippen molar-refractivity contribution in [2.45, 2.75) is 19.1 Å². The molecular formula is C11H14BrNO3. The lowest BCUT2D eigenvalue weighted by Gasteiger charge is -2.18. The highest BCUT2D eigenvalue weighted by Crippen LogP contribution is 2.15. The van der Waals surface area contributed by atoms with Gasteiger partial charge in [0, 0.05) is 17.6 Å². The van der Waals surface area contributed by atoms with Crippen LogP contribution in [0.15, 0.2) is 28.7 Å². The van der Waals surface area contributed by atoms with E-state index in [0.29, 0.717) is 6.54 Å². The van der Waals surface area contributed by atoms with E-state index in [9.17, 15) is 9.90 Å². The van der Waals surface area contributed by atoms with E-state index in [0.717, 1.165) is 10.0 Å². The van der Waals surface area contributed by atoms with Gasteiger partial charge in [-0.05, 0) is 18.6 Å². The molecule has 88 valence electrons. The molecule has 0 amide bonds. The molecule has 1 aromatic carbocycles. The van der Waals surface area contributed by atoms with Gasteiger partial charge in [-0.15, -0.1) is 0 Å². The van der Waals surface area contributed by atoms with Crippen molar-refractivity contribution < 1.29 is 15.0 Å². The minimum absolute atomic E-state index is 0.00364. The highest BCUT2D eigenvalue weighted by Gasteiger charge is 2.28. The Balaban J connectivity index is 2.48. The van der Waals surface area contributed by atoms with Gasteiger partial charge in [0.25, 0.3) is 0 Å². The maximum Gasteiger partial charge on any atom is 0.336 e. The van der Waals surface area contributed by atoms with Gasteiger partial charge in [0.2, 0.25) is 0 Å². The number of rotatable bonds is 5. The van der Waals surface area contributed by atoms with Gasteiger partial charge in [0.15, 0.2) is 5.60 Å². The van der Waals surface area contributed by atoms with Gasteiger partial charge in [-0.2, -0.15) is 0 Å². The molecule has 0 saturated carbocycles. The highest BCUT2D eigenvalue weighted by atomic mass is 79.9. The van der Waals surface area contributed by atoms with Crippen molar-refractivity contribution in [2.24, 2.45) is 0 Å². The van der Waals surface area contributed by atoms with Crippen molar-refractivity contribution in [1.29, 1.82) is 0 Å². The third kappa shape index (κ3) is 3.59. The Morgan fingerprint density at radius 2 is 2.12 bits per heavy atom. The van der Waals surface area contributed by atoms with Gasteiger partial charge in [-0.3, -0.25) is 0 Å². The molecule has 0 aliphatic heterocycles. The fourth-order valence-corrected chi connectivity index (χ4v) is 1.58. The van der Waals surface area contributed by atoms with Gasteiger partial charge in [-0.1, -0.05) is 34.1 Å². The molecule has 5 heteroatoms. The molecule has 0 aliphatic rings. The molecule has 1 aromatic rings. The zero-order chi connectivity index (χ0) is 12.2. The Kier molecular flexibility index (Phi) is 4.46. The summed E-state index contributed by atoms with van der Waals surface area (Å²) in [4.78, 5) is 10.6. The third-order valence-electron chi connectivity index (χ3n) is 2.20. The number of carboxylic acid groups (broad SMARTS) is 1. The molecule has 16 heavy (non-hydrogen) atoms. The maximum atomic E-state index is 10.6. The summed E-state index contributed by atoms with van der Waals surface area (Å²) in [5, 5.41) is 21.1. The van der Waals surface area contributed by atoms with Gasteiger partial charge < -0.3 is 15.5 Å². The molecule has 0 radical (unpaired) electrons. The molecule has 0 aliphatic carbocycles. The third-order valence-corrected chi connectivity index (χ3v) is 2.98. The van der Waals surface area contributed by atoms with Crippen molar-refractivity contribution >= 4 is 21.9 Å². The number of carbonyl (C=O) groups is 1. The van der Waals surface area contributed by atoms with E-state index in [-0.39, 0.29) is 6.54 Å². The van der Waals surface area contributed by atoms with Crippen LogP contribution in [0.25, 0.3) is 0 Å². The number of halogens is 1. The quantitative estimate of drug-likeness (QED) is 0.765. The lowest BCUT2D eigenvalue weighted by atomic mass is 10.1. The van der Waals surface area contributed by atoms with Crippen LogP contribution in [0.4, 0.5) is 0 Å². The van der Waals surface area contributed by atoms with Crippen LogP contribution in [0.5, 0.6) is 0 Å². The Morgan fingerprint density at radius 1 is 1.50 bits per heavy atom. The largest absolute Gasteiger partial charge is 0.479 e. The summed E-state index contributed by atoms with van der Waals surface area (Å²) < 4.78 is 0.956. The van der Waals surface area contributed by atoms with Crippen LogP contribution in [0, 0.1) is 0 Å². The fraction of sp³-hybridized carbons (Fsp3) is 0.364. The summed E-state index contributed by atoms with van der Waals surface area (Å²) >= 11 is 3.39. The summed E-state index contributed by atoms with van der Waals surface area (Å²) in [6, 6.07) is 7.64. The van der Waals surface area contributed by atoms with Crippen LogP contribution >= 0.6 is 15.9 Å². The van der Waals surface area contributed by atoms with Crippen LogP contribution in [0.2, 0.25) is 0 Å². The van der Waals surface area contributed by atoms with Crippen LogP contribution in [-0.2, 0) is 11.3 Å². The second-order valence-corrected chi connectivity index (χ2v) is 4.63. The number of nitrogens with one attached hydrogen (secondary N) is 1. The second-order valence-electron chi connectivity index (χ2n) is 3.77. The first-order valence-corrected chi connectivity index (χ1v) is 5.62. The monoisotopic (exact) mass is 287 g/mol. The van der Waals surface area contributed by atoms with Crippen LogP contribution < -0.4 is 5.32 Å². The molecule has 3 N–H and O–H groups in total. The van der Waals surface area contributed by atoms with Crippen molar-refractivity contribution in [3.63, 3.8) is 0 Å². The van der Waals surface area contributed by atoms with E-state index in [4.69, 9.17) is 5.11 Å². The molecule has 4 nitrogen and oxygen atoms in total. The summed E-state index contributed by atoms with van der Waals surface area (Å²) in [6.07, 6.45) is 0. The standard InChI is InChI=1S/C11H14BrNO3/c1-11(16,10(14)15)7-13-6-8-4-2-3-5-9(8)12/h2-5,13,16H,6-7H2,1H3,(H,14,15). The summed E-state index contributed by atoms with van der Waals surface area (Å²) in [5.74, 6) is -1.23. The minimum Gasteiger partial charge on any atom is -0.479 e. The normalized spacial score (nSPS) is 14.4. The maximum absolute atomic E-state index is 10.6. The first kappa shape index (κ1) is 13.2. The number of hydrogen-bond acceptors (Lipinski definition) is 3. The van der Waals surface area contributed by atoms with Crippen LogP contribution in [0.3, 0.4) is 0 Å². The zero-order valence-electron chi connectivity index (χ0n) is 8.90. The fourth-order valence-electron chi connectivity index (χ4n) is 1.16. The molecule has 0 spiro atoms. The van der Waals surface area contributed by atoms with Crippen LogP contribution in [0.1, 0.15) is 12.5 Å². The summed E-state index contributed by atoms with van der Waals surface area (Å²) in [7, 11) is 0. The van der Waals surface area contributed by atoms with Gasteiger partial charge in [-0.25, -0.2) is 4.79 Å². The van der Waals surface area contributed by atoms with Crippen molar-refractivity contribution in [1.82, 2.24) is 5.32 Å². The number of benzene rings is 1. The predicted molar refractivity (Wildman–Crippen MR) is 64.1 cm³/mol. The molecule has 0 aromatic heterocycles. The van der Waals surface area contributed by atoms with E-state index in [1.165, 1.54) is 6.92 Å². The molecule has 0 heterocycles. The average Bonchev–Trinajstić information content (AvgIpc) is 2.20. The molecule has 0 saturated heterocycles. The molecule has 1 rings (SSSR count). The van der Waals surface area contributed by atoms with E-state index < -0.39 is 11.6 Å². The van der Waals surface area contributed by atoms with E-state index in [1.807, 2.05) is 24.3 Å². The Hall–Kier alpha value is -0.910. The van der Waals surface area contributed by atoms with E-state index in [2.05, 4.69) is 21.2 Å². The second kappa shape index (κ2) is 5.43. The Morgan fingerprint density at radius 3 is 2.69 bits per heavy atom. The lowest BCUT2D eigenvalue weighted by Crippen LogP contribution is -2.44. The Labute approximate surface area is 102 Å². The lowest BCUT2D eigenvalue weighted by molar-refractivity contribution is -0.156. The van der Waals surface area contributed by atoms with Gasteiger partial charge in [0.05, 0.1) is 0 Å². The topological polar surface area (TPSA) is 69.6 Å². The number of carboxylic acids is 1. The van der Waals surface area contributed by atoms with Crippen molar-refractivity contribution in [3.8, 4) is 0 Å². The van der Waals surface area contributed by atoms with E-state index >= 15 is 0 Å². The van der Waals surface area contributed by atoms with Crippen molar-refractivity contribution in [3.05, 3.63) is 34.3 Å². The van der Waals surface area contributed by atoms with Crippen LogP contribution in [-0.4, -0.2) is 28.3 Å². The zero-order valence-corrected chi connectivity index (χ0v) is 10.5. The first-order valence-electron chi connectivity index (χ1n) is 4.83. The summed E-state index contributed by atoms with van der Waals surface area (Å²) in [6.45, 7) is 1.77. The van der Waals surface area contributed by atoms with Gasteiger partial charge >= 0.3 is 5.97 Å². The molecule has 0 bridgehead atoms. The molecule has 1 unspecified atom stereocenters. The molecule has 1 atom stereocenters. The predicted octanol–water partition coefficient (Wildman–Crippen LogP) is 1.37. The van der Waals surface area contributed by atoms with E-state index in [1.54, 1.807) is 0 Å². The number of aliphatic carboxylic acids is 1. The first-order chi connectivity index (χ1) is 7.43. The average molecular weight is 288 g/mol. The molecular weight excluding hydrogens is 274 g/mol. The number of hydrogen-bond donors (Lipinski definition) is 3. The highest BCUT2D eigenvalue weighted by molar-refractivity contribution is 9.10. The van der Waals surface area contributed by atoms with Gasteiger partial charge in [0.1, 0.15) is 0 Å².